The molecule has 3 atom stereocenters. The van der Waals surface area contributed by atoms with E-state index >= 15 is 0 Å². The van der Waals surface area contributed by atoms with Gasteiger partial charge in [0.15, 0.2) is 0 Å². The van der Waals surface area contributed by atoms with Crippen LogP contribution in [0.3, 0.4) is 0 Å². The van der Waals surface area contributed by atoms with E-state index in [0.717, 1.165) is 19.4 Å². The Labute approximate surface area is 144 Å². The maximum absolute atomic E-state index is 12.5. The molecule has 1 aromatic rings. The molecule has 3 rings (SSSR count). The molecule has 0 bridgehead atoms. The van der Waals surface area contributed by atoms with Gasteiger partial charge in [-0.15, -0.1) is 0 Å². The van der Waals surface area contributed by atoms with Crippen molar-refractivity contribution in [3.05, 3.63) is 35.4 Å². The first kappa shape index (κ1) is 17.2. The number of hydrogen-bond acceptors (Lipinski definition) is 3. The van der Waals surface area contributed by atoms with Crippen molar-refractivity contribution in [1.29, 1.82) is 0 Å². The summed E-state index contributed by atoms with van der Waals surface area (Å²) in [5.41, 5.74) is 2.50. The van der Waals surface area contributed by atoms with Gasteiger partial charge in [-0.1, -0.05) is 36.8 Å². The predicted octanol–water partition coefficient (Wildman–Crippen LogP) is 2.69. The van der Waals surface area contributed by atoms with Gasteiger partial charge in [0.25, 0.3) is 0 Å². The van der Waals surface area contributed by atoms with E-state index in [1.54, 1.807) is 0 Å². The number of rotatable bonds is 4. The fraction of sp³-hybridized carbons (Fsp3) is 0.632. The molecule has 0 saturated carbocycles. The monoisotopic (exact) mass is 332 g/mol. The number of amides is 2. The lowest BCUT2D eigenvalue weighted by atomic mass is 10.0. The third-order valence-corrected chi connectivity index (χ3v) is 4.97. The Morgan fingerprint density at radius 1 is 1.25 bits per heavy atom. The number of carbonyl (C=O) groups is 1. The summed E-state index contributed by atoms with van der Waals surface area (Å²) in [6.07, 6.45) is 2.28. The van der Waals surface area contributed by atoms with Crippen LogP contribution in [0.5, 0.6) is 0 Å². The minimum absolute atomic E-state index is 0.000239. The van der Waals surface area contributed by atoms with E-state index in [-0.39, 0.29) is 18.2 Å². The highest BCUT2D eigenvalue weighted by Gasteiger charge is 2.32. The quantitative estimate of drug-likeness (QED) is 0.922. The van der Waals surface area contributed by atoms with Crippen LogP contribution >= 0.6 is 0 Å². The molecule has 1 aromatic carbocycles. The number of morpholine rings is 1. The Bertz CT molecular complexity index is 540. The van der Waals surface area contributed by atoms with E-state index in [4.69, 9.17) is 9.47 Å². The van der Waals surface area contributed by atoms with Gasteiger partial charge in [-0.3, -0.25) is 0 Å². The molecule has 2 saturated heterocycles. The third kappa shape index (κ3) is 4.28. The molecule has 24 heavy (non-hydrogen) atoms. The zero-order valence-electron chi connectivity index (χ0n) is 14.7. The van der Waals surface area contributed by atoms with Crippen LogP contribution in [0.1, 0.15) is 36.8 Å². The van der Waals surface area contributed by atoms with Crippen molar-refractivity contribution >= 4 is 6.03 Å². The van der Waals surface area contributed by atoms with Crippen LogP contribution in [-0.2, 0) is 9.47 Å². The van der Waals surface area contributed by atoms with Gasteiger partial charge < -0.3 is 19.7 Å². The average Bonchev–Trinajstić information content (AvgIpc) is 3.15. The molecule has 2 heterocycles. The summed E-state index contributed by atoms with van der Waals surface area (Å²) in [6.45, 7) is 7.53. The van der Waals surface area contributed by atoms with Gasteiger partial charge in [0.2, 0.25) is 0 Å². The van der Waals surface area contributed by atoms with Gasteiger partial charge in [0.1, 0.15) is 6.10 Å². The predicted molar refractivity (Wildman–Crippen MR) is 93.3 cm³/mol. The minimum atomic E-state index is 0.000239. The van der Waals surface area contributed by atoms with Gasteiger partial charge >= 0.3 is 6.03 Å². The topological polar surface area (TPSA) is 50.8 Å². The zero-order valence-corrected chi connectivity index (χ0v) is 14.7. The van der Waals surface area contributed by atoms with Crippen molar-refractivity contribution in [1.82, 2.24) is 10.2 Å². The van der Waals surface area contributed by atoms with E-state index in [1.807, 2.05) is 4.90 Å². The van der Waals surface area contributed by atoms with E-state index in [0.29, 0.717) is 32.2 Å². The van der Waals surface area contributed by atoms with Crippen LogP contribution in [-0.4, -0.2) is 56.0 Å². The lowest BCUT2D eigenvalue weighted by molar-refractivity contribution is -0.0848. The molecule has 0 unspecified atom stereocenters. The van der Waals surface area contributed by atoms with Crippen LogP contribution in [0.15, 0.2) is 24.3 Å². The van der Waals surface area contributed by atoms with Crippen LogP contribution in [0, 0.1) is 6.92 Å². The normalized spacial score (nSPS) is 25.5. The smallest absolute Gasteiger partial charge is 0.317 e. The first-order chi connectivity index (χ1) is 11.6. The molecule has 0 aliphatic carbocycles. The molecule has 2 amide bonds. The van der Waals surface area contributed by atoms with Crippen molar-refractivity contribution in [3.8, 4) is 0 Å². The zero-order chi connectivity index (χ0) is 16.9. The Morgan fingerprint density at radius 3 is 2.71 bits per heavy atom. The Balaban J connectivity index is 1.48. The number of ether oxygens (including phenoxy) is 2. The fourth-order valence-electron chi connectivity index (χ4n) is 3.35. The first-order valence-electron chi connectivity index (χ1n) is 8.96. The molecule has 0 aromatic heterocycles. The lowest BCUT2D eigenvalue weighted by Gasteiger charge is -2.35. The van der Waals surface area contributed by atoms with Crippen molar-refractivity contribution in [3.63, 3.8) is 0 Å². The van der Waals surface area contributed by atoms with Gasteiger partial charge in [-0.05, 0) is 31.2 Å². The van der Waals surface area contributed by atoms with Crippen LogP contribution in [0.2, 0.25) is 0 Å². The van der Waals surface area contributed by atoms with E-state index < -0.39 is 0 Å². The molecule has 5 heteroatoms. The molecule has 2 aliphatic heterocycles. The first-order valence-corrected chi connectivity index (χ1v) is 8.96. The molecule has 2 aliphatic rings. The van der Waals surface area contributed by atoms with Crippen LogP contribution in [0.4, 0.5) is 4.79 Å². The molecule has 132 valence electrons. The Hall–Kier alpha value is -1.59. The summed E-state index contributed by atoms with van der Waals surface area (Å²) in [6, 6.07) is 8.49. The number of benzene rings is 1. The highest BCUT2D eigenvalue weighted by atomic mass is 16.5. The standard InChI is InChI=1S/C19H28N2O3/c1-14-5-7-16(8-6-14)15(2)12-20-19(22)21-9-11-24-18(13-21)17-4-3-10-23-17/h5-8,15,17-18H,3-4,9-13H2,1-2H3,(H,20,22)/t15-,17-,18+/m1/s1. The molecular formula is C19H28N2O3. The molecule has 2 fully saturated rings. The average molecular weight is 332 g/mol. The second-order valence-electron chi connectivity index (χ2n) is 6.90. The van der Waals surface area contributed by atoms with Crippen molar-refractivity contribution in [2.24, 2.45) is 0 Å². The summed E-state index contributed by atoms with van der Waals surface area (Å²) >= 11 is 0. The van der Waals surface area contributed by atoms with Gasteiger partial charge in [0, 0.05) is 19.7 Å². The largest absolute Gasteiger partial charge is 0.375 e. The summed E-state index contributed by atoms with van der Waals surface area (Å²) in [7, 11) is 0. The van der Waals surface area contributed by atoms with Crippen molar-refractivity contribution < 1.29 is 14.3 Å². The minimum Gasteiger partial charge on any atom is -0.375 e. The molecular weight excluding hydrogens is 304 g/mol. The Morgan fingerprint density at radius 2 is 2.00 bits per heavy atom. The molecule has 0 radical (unpaired) electrons. The SMILES string of the molecule is Cc1ccc([C@H](C)CNC(=O)N2CCO[C@H]([C@H]3CCCO3)C2)cc1. The summed E-state index contributed by atoms with van der Waals surface area (Å²) < 4.78 is 11.5. The van der Waals surface area contributed by atoms with Crippen molar-refractivity contribution in [2.75, 3.05) is 32.8 Å². The van der Waals surface area contributed by atoms with Crippen LogP contribution < -0.4 is 5.32 Å². The number of nitrogens with one attached hydrogen (secondary N) is 1. The molecule has 0 spiro atoms. The lowest BCUT2D eigenvalue weighted by Crippen LogP contribution is -2.53. The number of aryl methyl sites for hydroxylation is 1. The number of nitrogens with zero attached hydrogens (tertiary/aromatic N) is 1. The van der Waals surface area contributed by atoms with Crippen LogP contribution in [0.25, 0.3) is 0 Å². The van der Waals surface area contributed by atoms with Gasteiger partial charge in [0.05, 0.1) is 19.3 Å². The second-order valence-corrected chi connectivity index (χ2v) is 6.90. The highest BCUT2D eigenvalue weighted by molar-refractivity contribution is 5.74. The van der Waals surface area contributed by atoms with E-state index in [2.05, 4.69) is 43.4 Å². The van der Waals surface area contributed by atoms with E-state index in [9.17, 15) is 4.79 Å². The number of hydrogen-bond donors (Lipinski definition) is 1. The highest BCUT2D eigenvalue weighted by Crippen LogP contribution is 2.21. The summed E-state index contributed by atoms with van der Waals surface area (Å²) in [5.74, 6) is 0.296. The third-order valence-electron chi connectivity index (χ3n) is 4.97. The summed E-state index contributed by atoms with van der Waals surface area (Å²) in [4.78, 5) is 14.3. The number of carbonyl (C=O) groups excluding carboxylic acids is 1. The van der Waals surface area contributed by atoms with E-state index in [1.165, 1.54) is 11.1 Å². The second kappa shape index (κ2) is 7.99. The summed E-state index contributed by atoms with van der Waals surface area (Å²) in [5, 5.41) is 3.07. The molecule has 1 N–H and O–H groups in total. The van der Waals surface area contributed by atoms with Gasteiger partial charge in [-0.2, -0.15) is 0 Å². The fourth-order valence-corrected chi connectivity index (χ4v) is 3.35. The Kier molecular flexibility index (Phi) is 5.74. The number of urea groups is 1. The maximum atomic E-state index is 12.5. The molecule has 5 nitrogen and oxygen atoms in total. The van der Waals surface area contributed by atoms with Crippen molar-refractivity contribution in [2.45, 2.75) is 44.8 Å². The maximum Gasteiger partial charge on any atom is 0.317 e. The van der Waals surface area contributed by atoms with Gasteiger partial charge in [-0.25, -0.2) is 4.79 Å².